The molecule has 1 amide bonds. The van der Waals surface area contributed by atoms with Crippen LogP contribution in [0.4, 0.5) is 0 Å². The van der Waals surface area contributed by atoms with E-state index in [1.54, 1.807) is 0 Å². The fourth-order valence-electron chi connectivity index (χ4n) is 1.00. The average molecular weight is 250 g/mol. The van der Waals surface area contributed by atoms with Crippen molar-refractivity contribution in [3.8, 4) is 5.75 Å². The van der Waals surface area contributed by atoms with Crippen LogP contribution in [0.25, 0.3) is 0 Å². The highest BCUT2D eigenvalue weighted by molar-refractivity contribution is 7.67. The molecule has 2 N–H and O–H groups in total. The molecule has 0 aliphatic rings. The summed E-state index contributed by atoms with van der Waals surface area (Å²) in [7, 11) is -2.97. The van der Waals surface area contributed by atoms with Crippen molar-refractivity contribution in [1.29, 1.82) is 0 Å². The van der Waals surface area contributed by atoms with Gasteiger partial charge < -0.3 is 9.92 Å². The largest absolute Gasteiger partial charge is 0.384 e. The zero-order valence-corrected chi connectivity index (χ0v) is 9.13. The predicted octanol–water partition coefficient (Wildman–Crippen LogP) is 0.273. The molecule has 0 fully saturated rings. The van der Waals surface area contributed by atoms with Crippen molar-refractivity contribution in [3.05, 3.63) is 28.8 Å². The molecule has 7 heteroatoms. The zero-order valence-electron chi connectivity index (χ0n) is 7.47. The summed E-state index contributed by atoms with van der Waals surface area (Å²) >= 11 is 5.77. The van der Waals surface area contributed by atoms with Gasteiger partial charge in [0, 0.05) is 11.1 Å². The number of halogens is 1. The third kappa shape index (κ3) is 3.77. The van der Waals surface area contributed by atoms with E-state index in [-0.39, 0.29) is 17.2 Å². The summed E-state index contributed by atoms with van der Waals surface area (Å²) in [6.07, 6.45) is 0.00260. The molecule has 0 atom stereocenters. The number of rotatable bonds is 4. The van der Waals surface area contributed by atoms with Crippen molar-refractivity contribution < 1.29 is 17.4 Å². The minimum absolute atomic E-state index is 0.00260. The summed E-state index contributed by atoms with van der Waals surface area (Å²) in [5.74, 6) is -0.412. The molecule has 0 saturated carbocycles. The van der Waals surface area contributed by atoms with Gasteiger partial charge >= 0.3 is 0 Å². The molecule has 0 heterocycles. The highest BCUT2D eigenvalue weighted by Gasteiger charge is 2.05. The Morgan fingerprint density at radius 2 is 2.13 bits per heavy atom. The third-order valence-electron chi connectivity index (χ3n) is 1.57. The lowest BCUT2D eigenvalue weighted by atomic mass is 10.1. The lowest BCUT2D eigenvalue weighted by Gasteiger charge is -2.03. The lowest BCUT2D eigenvalue weighted by molar-refractivity contribution is -0.117. The van der Waals surface area contributed by atoms with Gasteiger partial charge in [-0.25, -0.2) is 0 Å². The number of amides is 1. The van der Waals surface area contributed by atoms with Crippen LogP contribution >= 0.6 is 11.6 Å². The molecule has 1 aromatic rings. The van der Waals surface area contributed by atoms with Crippen LogP contribution in [0.15, 0.2) is 18.2 Å². The zero-order chi connectivity index (χ0) is 11.4. The number of hydrogen-bond donors (Lipinski definition) is 2. The SMILES string of the molecule is NC(=O)Cc1ccc(O[SH](=O)=O)cc1Cl. The highest BCUT2D eigenvalue weighted by Crippen LogP contribution is 2.22. The Bertz CT molecular complexity index is 450. The van der Waals surface area contributed by atoms with Gasteiger partial charge in [0.05, 0.1) is 6.42 Å². The maximum absolute atomic E-state index is 10.6. The van der Waals surface area contributed by atoms with Crippen LogP contribution < -0.4 is 9.92 Å². The normalized spacial score (nSPS) is 10.3. The van der Waals surface area contributed by atoms with Gasteiger partial charge in [-0.15, -0.1) is 0 Å². The molecule has 0 unspecified atom stereocenters. The van der Waals surface area contributed by atoms with Crippen LogP contribution in [0.3, 0.4) is 0 Å². The first-order valence-electron chi connectivity index (χ1n) is 3.88. The molecule has 5 nitrogen and oxygen atoms in total. The van der Waals surface area contributed by atoms with E-state index in [4.69, 9.17) is 17.3 Å². The molecule has 0 aromatic heterocycles. The molecule has 0 bridgehead atoms. The maximum atomic E-state index is 10.6. The van der Waals surface area contributed by atoms with Crippen molar-refractivity contribution >= 4 is 28.5 Å². The second kappa shape index (κ2) is 4.99. The second-order valence-corrected chi connectivity index (χ2v) is 3.75. The van der Waals surface area contributed by atoms with E-state index in [1.807, 2.05) is 0 Å². The van der Waals surface area contributed by atoms with E-state index in [9.17, 15) is 13.2 Å². The molecule has 15 heavy (non-hydrogen) atoms. The van der Waals surface area contributed by atoms with E-state index >= 15 is 0 Å². The van der Waals surface area contributed by atoms with Crippen LogP contribution in [0.1, 0.15) is 5.56 Å². The molecule has 1 rings (SSSR count). The monoisotopic (exact) mass is 249 g/mol. The van der Waals surface area contributed by atoms with Crippen molar-refractivity contribution in [2.75, 3.05) is 0 Å². The Kier molecular flexibility index (Phi) is 3.93. The maximum Gasteiger partial charge on any atom is 0.299 e. The first-order chi connectivity index (χ1) is 6.99. The Morgan fingerprint density at radius 1 is 1.47 bits per heavy atom. The fourth-order valence-corrected chi connectivity index (χ4v) is 1.53. The Hall–Kier alpha value is -1.27. The van der Waals surface area contributed by atoms with Gasteiger partial charge in [0.1, 0.15) is 5.75 Å². The number of benzene rings is 1. The number of primary amides is 1. The van der Waals surface area contributed by atoms with Crippen LogP contribution in [-0.4, -0.2) is 14.3 Å². The van der Waals surface area contributed by atoms with Crippen LogP contribution in [0, 0.1) is 0 Å². The third-order valence-corrected chi connectivity index (χ3v) is 2.28. The molecule has 0 radical (unpaired) electrons. The van der Waals surface area contributed by atoms with E-state index in [0.29, 0.717) is 5.56 Å². The van der Waals surface area contributed by atoms with Crippen LogP contribution in [0.5, 0.6) is 5.75 Å². The number of carbonyl (C=O) groups excluding carboxylic acids is 1. The summed E-state index contributed by atoms with van der Waals surface area (Å²) < 4.78 is 24.9. The lowest BCUT2D eigenvalue weighted by Crippen LogP contribution is -2.13. The summed E-state index contributed by atoms with van der Waals surface area (Å²) in [6, 6.07) is 4.20. The molecule has 0 spiro atoms. The van der Waals surface area contributed by atoms with Gasteiger partial charge in [-0.3, -0.25) is 4.79 Å². The molecular formula is C8H8ClNO4S. The van der Waals surface area contributed by atoms with E-state index < -0.39 is 16.9 Å². The van der Waals surface area contributed by atoms with Gasteiger partial charge in [0.15, 0.2) is 0 Å². The van der Waals surface area contributed by atoms with Gasteiger partial charge in [0.25, 0.3) is 11.0 Å². The summed E-state index contributed by atoms with van der Waals surface area (Å²) in [5, 5.41) is 0.239. The van der Waals surface area contributed by atoms with Crippen LogP contribution in [0.2, 0.25) is 5.02 Å². The second-order valence-electron chi connectivity index (χ2n) is 2.71. The molecule has 0 saturated heterocycles. The van der Waals surface area contributed by atoms with E-state index in [0.717, 1.165) is 0 Å². The summed E-state index contributed by atoms with van der Waals surface area (Å²) in [4.78, 5) is 10.6. The molecule has 0 aliphatic heterocycles. The van der Waals surface area contributed by atoms with Crippen molar-refractivity contribution in [2.45, 2.75) is 6.42 Å². The summed E-state index contributed by atoms with van der Waals surface area (Å²) in [5.41, 5.74) is 5.51. The van der Waals surface area contributed by atoms with E-state index in [1.165, 1.54) is 18.2 Å². The van der Waals surface area contributed by atoms with Gasteiger partial charge in [-0.1, -0.05) is 17.7 Å². The minimum atomic E-state index is -2.97. The molecule has 82 valence electrons. The fraction of sp³-hybridized carbons (Fsp3) is 0.125. The average Bonchev–Trinajstić information content (AvgIpc) is 2.08. The molecule has 1 aromatic carbocycles. The Morgan fingerprint density at radius 3 is 2.60 bits per heavy atom. The van der Waals surface area contributed by atoms with Crippen molar-refractivity contribution in [2.24, 2.45) is 5.73 Å². The standard InChI is InChI=1S/C8H8ClNO4S/c9-7-4-6(14-15(12)13)2-1-5(7)3-8(10)11/h1-2,4,15H,3H2,(H2,10,11). The number of thiol groups is 1. The number of hydrogen-bond acceptors (Lipinski definition) is 4. The first-order valence-corrected chi connectivity index (χ1v) is 5.35. The quantitative estimate of drug-likeness (QED) is 0.750. The highest BCUT2D eigenvalue weighted by atomic mass is 35.5. The minimum Gasteiger partial charge on any atom is -0.384 e. The topological polar surface area (TPSA) is 86.5 Å². The van der Waals surface area contributed by atoms with Crippen molar-refractivity contribution in [1.82, 2.24) is 0 Å². The first kappa shape index (κ1) is 11.8. The number of nitrogens with two attached hydrogens (primary N) is 1. The Balaban J connectivity index is 2.92. The Labute approximate surface area is 92.9 Å². The van der Waals surface area contributed by atoms with Gasteiger partial charge in [0.2, 0.25) is 5.91 Å². The smallest absolute Gasteiger partial charge is 0.299 e. The predicted molar refractivity (Wildman–Crippen MR) is 55.3 cm³/mol. The van der Waals surface area contributed by atoms with Crippen LogP contribution in [-0.2, 0) is 22.2 Å². The molecular weight excluding hydrogens is 242 g/mol. The summed E-state index contributed by atoms with van der Waals surface area (Å²) in [6.45, 7) is 0. The molecule has 0 aliphatic carbocycles. The van der Waals surface area contributed by atoms with E-state index in [2.05, 4.69) is 4.18 Å². The van der Waals surface area contributed by atoms with Gasteiger partial charge in [-0.05, 0) is 11.6 Å². The van der Waals surface area contributed by atoms with Gasteiger partial charge in [-0.2, -0.15) is 8.42 Å². The van der Waals surface area contributed by atoms with Crippen molar-refractivity contribution in [3.63, 3.8) is 0 Å². The number of carbonyl (C=O) groups is 1.